The summed E-state index contributed by atoms with van der Waals surface area (Å²) < 4.78 is 5.98. The Bertz CT molecular complexity index is 1190. The van der Waals surface area contributed by atoms with Crippen LogP contribution in [0, 0.1) is 34.5 Å². The smallest absolute Gasteiger partial charge is 0.178 e. The molecule has 0 radical (unpaired) electrons. The van der Waals surface area contributed by atoms with Crippen LogP contribution in [0.1, 0.15) is 68.8 Å². The number of furan rings is 1. The van der Waals surface area contributed by atoms with Gasteiger partial charge in [-0.25, -0.2) is 0 Å². The lowest BCUT2D eigenvalue weighted by Crippen LogP contribution is -2.45. The number of aryl methyl sites for hydroxylation is 1. The fourth-order valence-corrected chi connectivity index (χ4v) is 7.28. The third kappa shape index (κ3) is 2.79. The molecule has 2 aromatic carbocycles. The molecule has 3 aromatic rings. The zero-order chi connectivity index (χ0) is 21.2. The van der Waals surface area contributed by atoms with E-state index in [-0.39, 0.29) is 10.8 Å². The van der Waals surface area contributed by atoms with Gasteiger partial charge < -0.3 is 9.52 Å². The molecule has 1 aromatic heterocycles. The number of fused-ring (bicyclic) bond motifs is 6. The van der Waals surface area contributed by atoms with Crippen LogP contribution in [0.5, 0.6) is 5.75 Å². The molecule has 31 heavy (non-hydrogen) atoms. The van der Waals surface area contributed by atoms with Gasteiger partial charge in [-0.3, -0.25) is 0 Å². The Balaban J connectivity index is 1.31. The Kier molecular flexibility index (Phi) is 4.10. The minimum absolute atomic E-state index is 0.0246. The maximum absolute atomic E-state index is 9.92. The van der Waals surface area contributed by atoms with E-state index in [9.17, 15) is 5.11 Å². The van der Waals surface area contributed by atoms with Gasteiger partial charge in [0.1, 0.15) is 11.3 Å². The highest BCUT2D eigenvalue weighted by Crippen LogP contribution is 2.67. The summed E-state index contributed by atoms with van der Waals surface area (Å²) in [7, 11) is 0. The van der Waals surface area contributed by atoms with Crippen LogP contribution in [0.3, 0.4) is 0 Å². The molecule has 0 unspecified atom stereocenters. The molecule has 6 rings (SSSR count). The van der Waals surface area contributed by atoms with Crippen molar-refractivity contribution in [1.29, 1.82) is 0 Å². The number of phenols is 1. The summed E-state index contributed by atoms with van der Waals surface area (Å²) in [6.07, 6.45) is 7.25. The normalized spacial score (nSPS) is 33.8. The molecule has 1 N–H and O–H groups in total. The van der Waals surface area contributed by atoms with Gasteiger partial charge in [-0.1, -0.05) is 37.1 Å². The molecule has 1 heterocycles. The molecule has 3 aliphatic carbocycles. The number of aromatic hydroxyl groups is 1. The third-order valence-electron chi connectivity index (χ3n) is 9.20. The van der Waals surface area contributed by atoms with Crippen molar-refractivity contribution in [2.45, 2.75) is 58.3 Å². The Morgan fingerprint density at radius 3 is 2.74 bits per heavy atom. The standard InChI is InChI=1S/C29H30O2/c1-28(14-11-22-18-20-5-3-4-6-27(20)31-22)15-13-26-25-9-7-19-17-21(30)8-10-23(19)24(25)12-16-29(26,28)2/h3-6,8,10,17-18,24-26,30H,7,9,12-13,15-16H2,1-2H3/t24-,25+,26+,28-,29+/m1/s1. The molecule has 2 nitrogen and oxygen atoms in total. The molecule has 3 aliphatic rings. The SMILES string of the molecule is C[C@]12CC[C@@H]3c4ccc(O)cc4CC[C@@H]3[C@@H]1CC[C@@]2(C)C#Cc1cc2ccccc2o1. The van der Waals surface area contributed by atoms with Crippen molar-refractivity contribution in [3.8, 4) is 17.6 Å². The van der Waals surface area contributed by atoms with E-state index >= 15 is 0 Å². The van der Waals surface area contributed by atoms with Crippen LogP contribution >= 0.6 is 0 Å². The van der Waals surface area contributed by atoms with Gasteiger partial charge in [0.15, 0.2) is 5.76 Å². The van der Waals surface area contributed by atoms with E-state index in [1.54, 1.807) is 0 Å². The van der Waals surface area contributed by atoms with Crippen LogP contribution in [0.25, 0.3) is 11.0 Å². The predicted molar refractivity (Wildman–Crippen MR) is 124 cm³/mol. The van der Waals surface area contributed by atoms with Crippen LogP contribution in [0.15, 0.2) is 52.9 Å². The molecule has 2 saturated carbocycles. The molecular weight excluding hydrogens is 380 g/mol. The van der Waals surface area contributed by atoms with Crippen molar-refractivity contribution in [3.05, 3.63) is 65.4 Å². The lowest BCUT2D eigenvalue weighted by atomic mass is 9.51. The molecular formula is C29H30O2. The lowest BCUT2D eigenvalue weighted by molar-refractivity contribution is 0.00882. The minimum atomic E-state index is 0.0246. The van der Waals surface area contributed by atoms with Crippen molar-refractivity contribution in [1.82, 2.24) is 0 Å². The van der Waals surface area contributed by atoms with E-state index in [0.717, 1.165) is 35.0 Å². The molecule has 0 aliphatic heterocycles. The first kappa shape index (κ1) is 19.1. The number of phenolic OH excluding ortho intramolecular Hbond substituents is 1. The zero-order valence-corrected chi connectivity index (χ0v) is 18.4. The highest BCUT2D eigenvalue weighted by molar-refractivity contribution is 5.78. The van der Waals surface area contributed by atoms with Crippen molar-refractivity contribution < 1.29 is 9.52 Å². The molecule has 5 atom stereocenters. The molecule has 0 spiro atoms. The Morgan fingerprint density at radius 1 is 1.00 bits per heavy atom. The van der Waals surface area contributed by atoms with Crippen LogP contribution in [0.2, 0.25) is 0 Å². The quantitative estimate of drug-likeness (QED) is 0.403. The van der Waals surface area contributed by atoms with Gasteiger partial charge in [0.25, 0.3) is 0 Å². The maximum atomic E-state index is 9.92. The Morgan fingerprint density at radius 2 is 1.87 bits per heavy atom. The van der Waals surface area contributed by atoms with Crippen LogP contribution in [-0.2, 0) is 6.42 Å². The fourth-order valence-electron chi connectivity index (χ4n) is 7.28. The lowest BCUT2D eigenvalue weighted by Gasteiger charge is -2.53. The second-order valence-corrected chi connectivity index (χ2v) is 10.5. The van der Waals surface area contributed by atoms with Crippen LogP contribution in [0.4, 0.5) is 0 Å². The summed E-state index contributed by atoms with van der Waals surface area (Å²) in [5, 5.41) is 11.0. The van der Waals surface area contributed by atoms with E-state index in [0.29, 0.717) is 11.7 Å². The largest absolute Gasteiger partial charge is 0.508 e. The maximum Gasteiger partial charge on any atom is 0.178 e. The summed E-state index contributed by atoms with van der Waals surface area (Å²) in [4.78, 5) is 0. The first-order valence-corrected chi connectivity index (χ1v) is 11.8. The van der Waals surface area contributed by atoms with Crippen molar-refractivity contribution in [2.24, 2.45) is 22.7 Å². The minimum Gasteiger partial charge on any atom is -0.508 e. The number of hydrogen-bond donors (Lipinski definition) is 1. The van der Waals surface area contributed by atoms with Gasteiger partial charge in [-0.05, 0) is 104 Å². The van der Waals surface area contributed by atoms with Crippen LogP contribution < -0.4 is 0 Å². The van der Waals surface area contributed by atoms with E-state index in [1.807, 2.05) is 30.3 Å². The molecule has 0 amide bonds. The number of hydrogen-bond acceptors (Lipinski definition) is 2. The number of para-hydroxylation sites is 1. The highest BCUT2D eigenvalue weighted by Gasteiger charge is 2.59. The van der Waals surface area contributed by atoms with Crippen LogP contribution in [-0.4, -0.2) is 5.11 Å². The molecule has 2 fully saturated rings. The summed E-state index contributed by atoms with van der Waals surface area (Å²) in [6, 6.07) is 16.3. The van der Waals surface area contributed by atoms with E-state index in [4.69, 9.17) is 4.42 Å². The Labute approximate surface area is 184 Å². The van der Waals surface area contributed by atoms with Gasteiger partial charge >= 0.3 is 0 Å². The summed E-state index contributed by atoms with van der Waals surface area (Å²) in [5.41, 5.74) is 4.06. The predicted octanol–water partition coefficient (Wildman–Crippen LogP) is 7.05. The second kappa shape index (κ2) is 6.67. The van der Waals surface area contributed by atoms with E-state index < -0.39 is 0 Å². The zero-order valence-electron chi connectivity index (χ0n) is 18.4. The van der Waals surface area contributed by atoms with Gasteiger partial charge in [0.05, 0.1) is 0 Å². The van der Waals surface area contributed by atoms with Crippen molar-refractivity contribution in [2.75, 3.05) is 0 Å². The van der Waals surface area contributed by atoms with Gasteiger partial charge in [0, 0.05) is 16.9 Å². The van der Waals surface area contributed by atoms with Gasteiger partial charge in [-0.15, -0.1) is 0 Å². The van der Waals surface area contributed by atoms with Gasteiger partial charge in [-0.2, -0.15) is 0 Å². The molecule has 158 valence electrons. The van der Waals surface area contributed by atoms with Crippen molar-refractivity contribution in [3.63, 3.8) is 0 Å². The number of rotatable bonds is 0. The Hall–Kier alpha value is -2.66. The van der Waals surface area contributed by atoms with E-state index in [1.165, 1.54) is 43.2 Å². The second-order valence-electron chi connectivity index (χ2n) is 10.5. The average Bonchev–Trinajstić information content (AvgIpc) is 3.30. The highest BCUT2D eigenvalue weighted by atomic mass is 16.3. The summed E-state index contributed by atoms with van der Waals surface area (Å²) in [6.45, 7) is 4.92. The first-order valence-electron chi connectivity index (χ1n) is 11.8. The fraction of sp³-hybridized carbons (Fsp3) is 0.448. The topological polar surface area (TPSA) is 33.4 Å². The monoisotopic (exact) mass is 410 g/mol. The number of benzene rings is 2. The van der Waals surface area contributed by atoms with Crippen molar-refractivity contribution >= 4 is 11.0 Å². The van der Waals surface area contributed by atoms with Gasteiger partial charge in [0.2, 0.25) is 0 Å². The summed E-state index contributed by atoms with van der Waals surface area (Å²) >= 11 is 0. The first-order chi connectivity index (χ1) is 15.0. The molecule has 0 bridgehead atoms. The molecule has 0 saturated heterocycles. The average molecular weight is 411 g/mol. The summed E-state index contributed by atoms with van der Waals surface area (Å²) in [5.74, 6) is 10.5. The van der Waals surface area contributed by atoms with E-state index in [2.05, 4.69) is 43.9 Å². The molecule has 2 heteroatoms. The third-order valence-corrected chi connectivity index (χ3v) is 9.20.